The Kier molecular flexibility index (Phi) is 9.69. The van der Waals surface area contributed by atoms with Crippen molar-refractivity contribution in [3.8, 4) is 5.75 Å². The van der Waals surface area contributed by atoms with Gasteiger partial charge in [-0.3, -0.25) is 9.36 Å². The molecule has 1 N–H and O–H groups in total. The summed E-state index contributed by atoms with van der Waals surface area (Å²) in [4.78, 5) is 13.5. The van der Waals surface area contributed by atoms with Gasteiger partial charge in [-0.15, -0.1) is 18.1 Å². The van der Waals surface area contributed by atoms with Gasteiger partial charge in [0.05, 0.1) is 26.8 Å². The highest BCUT2D eigenvalue weighted by Gasteiger charge is 2.39. The zero-order valence-electron chi connectivity index (χ0n) is 20.1. The van der Waals surface area contributed by atoms with E-state index in [1.807, 2.05) is 0 Å². The van der Waals surface area contributed by atoms with Gasteiger partial charge in [-0.05, 0) is 55.0 Å². The smallest absolute Gasteiger partial charge is 0.497 e. The molecule has 0 radical (unpaired) electrons. The predicted molar refractivity (Wildman–Crippen MR) is 134 cm³/mol. The molecule has 0 saturated heterocycles. The van der Waals surface area contributed by atoms with E-state index in [9.17, 15) is 19.0 Å². The Morgan fingerprint density at radius 2 is 1.58 bits per heavy atom. The number of nitrogens with zero attached hydrogens (tertiary/aromatic N) is 1. The molecule has 192 valence electrons. The van der Waals surface area contributed by atoms with E-state index in [2.05, 4.69) is 9.05 Å². The summed E-state index contributed by atoms with van der Waals surface area (Å²) in [6, 6.07) is 11.7. The summed E-state index contributed by atoms with van der Waals surface area (Å²) < 4.78 is 49.9. The summed E-state index contributed by atoms with van der Waals surface area (Å²) in [5.74, 6) is 0.243. The van der Waals surface area contributed by atoms with E-state index in [-0.39, 0.29) is 12.3 Å². The van der Waals surface area contributed by atoms with Crippen LogP contribution in [-0.4, -0.2) is 55.7 Å². The zero-order valence-corrected chi connectivity index (χ0v) is 22.6. The second-order valence-corrected chi connectivity index (χ2v) is 10.4. The Bertz CT molecular complexity index is 1260. The first kappa shape index (κ1) is 28.3. The van der Waals surface area contributed by atoms with Crippen LogP contribution in [0.3, 0.4) is 0 Å². The molecular weight excluding hydrogens is 532 g/mol. The van der Waals surface area contributed by atoms with Crippen molar-refractivity contribution in [2.45, 2.75) is 18.9 Å². The molecule has 0 amide bonds. The first-order valence-corrected chi connectivity index (χ1v) is 13.2. The predicted octanol–water partition coefficient (Wildman–Crippen LogP) is 5.21. The summed E-state index contributed by atoms with van der Waals surface area (Å²) in [6.07, 6.45) is -0.108. The van der Waals surface area contributed by atoms with Crippen molar-refractivity contribution in [3.63, 3.8) is 0 Å². The third-order valence-electron chi connectivity index (χ3n) is 5.52. The molecule has 0 saturated carbocycles. The van der Waals surface area contributed by atoms with Gasteiger partial charge in [-0.2, -0.15) is 0 Å². The fraction of sp³-hybridized carbons (Fsp3) is 0.348. The van der Waals surface area contributed by atoms with Crippen LogP contribution in [-0.2, 0) is 33.6 Å². The van der Waals surface area contributed by atoms with Gasteiger partial charge in [0.2, 0.25) is 0 Å². The molecule has 3 rings (SSSR count). The molecule has 2 unspecified atom stereocenters. The lowest BCUT2D eigenvalue weighted by Crippen LogP contribution is -2.41. The van der Waals surface area contributed by atoms with Gasteiger partial charge >= 0.3 is 16.5 Å². The van der Waals surface area contributed by atoms with E-state index in [0.29, 0.717) is 38.5 Å². The Hall–Kier alpha value is -2.26. The third-order valence-corrected chi connectivity index (χ3v) is 7.05. The maximum atomic E-state index is 13.5. The van der Waals surface area contributed by atoms with Crippen molar-refractivity contribution >= 4 is 44.9 Å². The number of methoxy groups -OCH3 is 1. The van der Waals surface area contributed by atoms with E-state index in [1.54, 1.807) is 49.4 Å². The Labute approximate surface area is 214 Å². The Balaban J connectivity index is 2.11. The highest BCUT2D eigenvalue weighted by Crippen LogP contribution is 2.35. The van der Waals surface area contributed by atoms with Crippen LogP contribution in [0.1, 0.15) is 21.6 Å². The van der Waals surface area contributed by atoms with Crippen LogP contribution in [0, 0.1) is 6.92 Å². The molecule has 13 heteroatoms. The molecule has 0 fully saturated rings. The van der Waals surface area contributed by atoms with Gasteiger partial charge in [0.25, 0.3) is 5.91 Å². The molecule has 0 aliphatic carbocycles. The van der Waals surface area contributed by atoms with Crippen molar-refractivity contribution in [1.29, 1.82) is 0 Å². The molecular formula is C23H26ClNO9P2+2. The Morgan fingerprint density at radius 3 is 2.11 bits per heavy atom. The van der Waals surface area contributed by atoms with Crippen LogP contribution in [0.15, 0.2) is 42.5 Å². The lowest BCUT2D eigenvalue weighted by molar-refractivity contribution is -0.0412. The summed E-state index contributed by atoms with van der Waals surface area (Å²) in [6.45, 7) is 0.803. The van der Waals surface area contributed by atoms with Crippen molar-refractivity contribution in [2.75, 3.05) is 34.5 Å². The first-order valence-electron chi connectivity index (χ1n) is 10.6. The van der Waals surface area contributed by atoms with E-state index >= 15 is 0 Å². The van der Waals surface area contributed by atoms with Crippen molar-refractivity contribution in [3.05, 3.63) is 64.3 Å². The Morgan fingerprint density at radius 1 is 1.00 bits per heavy atom. The average Bonchev–Trinajstić information content (AvgIpc) is 3.15. The molecule has 0 aliphatic heterocycles. The second-order valence-electron chi connectivity index (χ2n) is 7.85. The van der Waals surface area contributed by atoms with Crippen molar-refractivity contribution in [1.82, 2.24) is 4.57 Å². The van der Waals surface area contributed by atoms with Crippen LogP contribution < -0.4 is 4.74 Å². The number of benzene rings is 2. The first-order chi connectivity index (χ1) is 17.1. The minimum Gasteiger partial charge on any atom is -0.497 e. The van der Waals surface area contributed by atoms with E-state index in [1.165, 1.54) is 25.9 Å². The van der Waals surface area contributed by atoms with E-state index in [0.717, 1.165) is 0 Å². The number of ether oxygens (including phenoxy) is 1. The van der Waals surface area contributed by atoms with Gasteiger partial charge in [0.15, 0.2) is 0 Å². The third kappa shape index (κ3) is 6.54. The summed E-state index contributed by atoms with van der Waals surface area (Å²) in [5, 5.41) is 12.5. The van der Waals surface area contributed by atoms with Crippen LogP contribution in [0.2, 0.25) is 5.02 Å². The van der Waals surface area contributed by atoms with Gasteiger partial charge in [-0.1, -0.05) is 11.6 Å². The maximum absolute atomic E-state index is 13.5. The second kappa shape index (κ2) is 12.3. The average molecular weight is 558 g/mol. The zero-order chi connectivity index (χ0) is 26.5. The van der Waals surface area contributed by atoms with Crippen LogP contribution >= 0.6 is 28.1 Å². The lowest BCUT2D eigenvalue weighted by atomic mass is 9.94. The molecule has 0 bridgehead atoms. The summed E-state index contributed by atoms with van der Waals surface area (Å²) in [7, 11) is -1.08. The standard InChI is InChI=1S/C23H26ClNO9P2/c1-15-20(12-23(27,13-33-35(28)31-3)14-34-36(29)32-4)19-11-18(30-2)9-10-21(19)25(15)22(26)16-5-7-17(24)8-6-16/h5-11,27H,12-14H2,1-4H3/q+2. The molecule has 0 spiro atoms. The fourth-order valence-electron chi connectivity index (χ4n) is 3.72. The van der Waals surface area contributed by atoms with Gasteiger partial charge in [0.1, 0.15) is 24.6 Å². The lowest BCUT2D eigenvalue weighted by Gasteiger charge is -2.23. The molecule has 36 heavy (non-hydrogen) atoms. The van der Waals surface area contributed by atoms with Crippen molar-refractivity contribution < 1.29 is 41.9 Å². The minimum absolute atomic E-state index is 0.108. The quantitative estimate of drug-likeness (QED) is 0.299. The monoisotopic (exact) mass is 557 g/mol. The number of carbonyl (C=O) groups excluding carboxylic acids is 1. The normalized spacial score (nSPS) is 13.9. The number of aromatic nitrogens is 1. The maximum Gasteiger partial charge on any atom is 0.697 e. The molecule has 10 nitrogen and oxygen atoms in total. The number of hydrogen-bond acceptors (Lipinski definition) is 9. The molecule has 2 aromatic carbocycles. The highest BCUT2D eigenvalue weighted by atomic mass is 35.5. The number of fused-ring (bicyclic) bond motifs is 1. The van der Waals surface area contributed by atoms with Crippen LogP contribution in [0.4, 0.5) is 0 Å². The number of rotatable bonds is 12. The number of carbonyl (C=O) groups is 1. The fourth-order valence-corrected chi connectivity index (χ4v) is 4.75. The summed E-state index contributed by atoms with van der Waals surface area (Å²) in [5.41, 5.74) is 0.324. The van der Waals surface area contributed by atoms with Gasteiger partial charge in [0, 0.05) is 37.2 Å². The summed E-state index contributed by atoms with van der Waals surface area (Å²) >= 11 is 5.98. The molecule has 2 atom stereocenters. The van der Waals surface area contributed by atoms with Crippen LogP contribution in [0.25, 0.3) is 10.9 Å². The number of hydrogen-bond donors (Lipinski definition) is 1. The molecule has 3 aromatic rings. The van der Waals surface area contributed by atoms with E-state index < -0.39 is 35.3 Å². The molecule has 0 aliphatic rings. The van der Waals surface area contributed by atoms with Gasteiger partial charge < -0.3 is 9.84 Å². The SMILES string of the molecule is COc1ccc2c(c1)c(CC(O)(CO[P+](=O)OC)CO[P+](=O)OC)c(C)n2C(=O)c1ccc(Cl)cc1. The minimum atomic E-state index is -2.49. The van der Waals surface area contributed by atoms with E-state index in [4.69, 9.17) is 25.4 Å². The highest BCUT2D eigenvalue weighted by molar-refractivity contribution is 7.33. The van der Waals surface area contributed by atoms with Crippen molar-refractivity contribution in [2.24, 2.45) is 0 Å². The largest absolute Gasteiger partial charge is 0.697 e. The molecule has 1 heterocycles. The topological polar surface area (TPSA) is 123 Å². The van der Waals surface area contributed by atoms with Gasteiger partial charge in [-0.25, -0.2) is 0 Å². The number of halogens is 1. The molecule has 1 aromatic heterocycles. The number of aliphatic hydroxyl groups is 1. The van der Waals surface area contributed by atoms with Crippen LogP contribution in [0.5, 0.6) is 5.75 Å².